The SMILES string of the molecule is CN(C)CCn1ccc(NC(=O)N2CCC(c3ccnn3C)CC2)n1. The molecule has 2 aromatic rings. The van der Waals surface area contributed by atoms with Crippen LogP contribution in [0, 0.1) is 0 Å². The van der Waals surface area contributed by atoms with Crippen molar-refractivity contribution in [3.05, 3.63) is 30.2 Å². The number of anilines is 1. The first kappa shape index (κ1) is 17.5. The number of rotatable bonds is 5. The van der Waals surface area contributed by atoms with E-state index in [2.05, 4.69) is 26.5 Å². The van der Waals surface area contributed by atoms with Crippen molar-refractivity contribution in [2.45, 2.75) is 25.3 Å². The zero-order valence-electron chi connectivity index (χ0n) is 15.2. The molecule has 0 aromatic carbocycles. The third-order valence-electron chi connectivity index (χ3n) is 4.71. The van der Waals surface area contributed by atoms with E-state index in [1.165, 1.54) is 5.69 Å². The second-order valence-corrected chi connectivity index (χ2v) is 6.84. The van der Waals surface area contributed by atoms with Gasteiger partial charge < -0.3 is 9.80 Å². The van der Waals surface area contributed by atoms with Gasteiger partial charge in [-0.1, -0.05) is 0 Å². The summed E-state index contributed by atoms with van der Waals surface area (Å²) in [5, 5.41) is 11.5. The largest absolute Gasteiger partial charge is 0.324 e. The van der Waals surface area contributed by atoms with E-state index in [4.69, 9.17) is 0 Å². The van der Waals surface area contributed by atoms with Crippen LogP contribution in [0.3, 0.4) is 0 Å². The van der Waals surface area contributed by atoms with Gasteiger partial charge in [0.2, 0.25) is 0 Å². The van der Waals surface area contributed by atoms with Gasteiger partial charge in [-0.15, -0.1) is 0 Å². The van der Waals surface area contributed by atoms with Gasteiger partial charge in [-0.05, 0) is 33.0 Å². The lowest BCUT2D eigenvalue weighted by atomic mass is 9.93. The van der Waals surface area contributed by atoms with Crippen LogP contribution in [0.5, 0.6) is 0 Å². The van der Waals surface area contributed by atoms with E-state index in [0.717, 1.165) is 39.0 Å². The second-order valence-electron chi connectivity index (χ2n) is 6.84. The predicted octanol–water partition coefficient (Wildman–Crippen LogP) is 1.59. The highest BCUT2D eigenvalue weighted by molar-refractivity contribution is 5.88. The molecule has 0 radical (unpaired) electrons. The summed E-state index contributed by atoms with van der Waals surface area (Å²) in [4.78, 5) is 16.4. The Labute approximate surface area is 148 Å². The molecular weight excluding hydrogens is 318 g/mol. The summed E-state index contributed by atoms with van der Waals surface area (Å²) in [5.74, 6) is 1.08. The monoisotopic (exact) mass is 345 g/mol. The summed E-state index contributed by atoms with van der Waals surface area (Å²) in [6.45, 7) is 3.22. The van der Waals surface area contributed by atoms with Gasteiger partial charge in [-0.2, -0.15) is 10.2 Å². The zero-order valence-corrected chi connectivity index (χ0v) is 15.2. The lowest BCUT2D eigenvalue weighted by Crippen LogP contribution is -2.40. The average Bonchev–Trinajstić information content (AvgIpc) is 3.22. The zero-order chi connectivity index (χ0) is 17.8. The molecule has 2 aromatic heterocycles. The molecule has 0 spiro atoms. The lowest BCUT2D eigenvalue weighted by Gasteiger charge is -2.31. The Morgan fingerprint density at radius 3 is 2.72 bits per heavy atom. The molecule has 0 unspecified atom stereocenters. The summed E-state index contributed by atoms with van der Waals surface area (Å²) in [7, 11) is 6.03. The van der Waals surface area contributed by atoms with E-state index >= 15 is 0 Å². The van der Waals surface area contributed by atoms with Gasteiger partial charge >= 0.3 is 6.03 Å². The fourth-order valence-corrected chi connectivity index (χ4v) is 3.21. The van der Waals surface area contributed by atoms with Crippen molar-refractivity contribution in [3.63, 3.8) is 0 Å². The summed E-state index contributed by atoms with van der Waals surface area (Å²) in [6.07, 6.45) is 5.66. The topological polar surface area (TPSA) is 71.2 Å². The number of urea groups is 1. The molecular formula is C17H27N7O. The highest BCUT2D eigenvalue weighted by Crippen LogP contribution is 2.27. The molecule has 3 rings (SSSR count). The molecule has 1 aliphatic heterocycles. The van der Waals surface area contributed by atoms with Gasteiger partial charge in [0.25, 0.3) is 0 Å². The van der Waals surface area contributed by atoms with E-state index < -0.39 is 0 Å². The fraction of sp³-hybridized carbons (Fsp3) is 0.588. The lowest BCUT2D eigenvalue weighted by molar-refractivity contribution is 0.193. The predicted molar refractivity (Wildman–Crippen MR) is 96.6 cm³/mol. The highest BCUT2D eigenvalue weighted by atomic mass is 16.2. The molecule has 0 bridgehead atoms. The minimum Gasteiger partial charge on any atom is -0.324 e. The van der Waals surface area contributed by atoms with Crippen LogP contribution in [0.1, 0.15) is 24.5 Å². The first-order valence-electron chi connectivity index (χ1n) is 8.75. The molecule has 8 nitrogen and oxygen atoms in total. The highest BCUT2D eigenvalue weighted by Gasteiger charge is 2.25. The van der Waals surface area contributed by atoms with E-state index in [9.17, 15) is 4.79 Å². The first-order chi connectivity index (χ1) is 12.0. The Bertz CT molecular complexity index is 697. The molecule has 1 saturated heterocycles. The fourth-order valence-electron chi connectivity index (χ4n) is 3.21. The molecule has 8 heteroatoms. The molecule has 1 fully saturated rings. The Hall–Kier alpha value is -2.35. The van der Waals surface area contributed by atoms with Crippen molar-refractivity contribution in [2.75, 3.05) is 39.0 Å². The van der Waals surface area contributed by atoms with Crippen LogP contribution in [0.25, 0.3) is 0 Å². The van der Waals surface area contributed by atoms with E-state index in [1.807, 2.05) is 53.9 Å². The van der Waals surface area contributed by atoms with Crippen LogP contribution in [0.4, 0.5) is 10.6 Å². The van der Waals surface area contributed by atoms with Crippen molar-refractivity contribution < 1.29 is 4.79 Å². The number of carbonyl (C=O) groups is 1. The maximum Gasteiger partial charge on any atom is 0.323 e. The Morgan fingerprint density at radius 1 is 1.32 bits per heavy atom. The molecule has 3 heterocycles. The Morgan fingerprint density at radius 2 is 2.08 bits per heavy atom. The number of likely N-dealkylation sites (tertiary alicyclic amines) is 1. The van der Waals surface area contributed by atoms with Crippen molar-refractivity contribution in [3.8, 4) is 0 Å². The standard InChI is InChI=1S/C17H27N7O/c1-21(2)12-13-24-11-7-16(20-24)19-17(25)23-9-5-14(6-10-23)15-4-8-18-22(15)3/h4,7-8,11,14H,5-6,9-10,12-13H2,1-3H3,(H,19,20,25). The minimum atomic E-state index is -0.0682. The van der Waals surface area contributed by atoms with E-state index in [0.29, 0.717) is 11.7 Å². The molecule has 1 aliphatic rings. The average molecular weight is 345 g/mol. The number of nitrogens with zero attached hydrogens (tertiary/aromatic N) is 6. The van der Waals surface area contributed by atoms with Crippen LogP contribution in [-0.2, 0) is 13.6 Å². The maximum absolute atomic E-state index is 12.4. The molecule has 0 saturated carbocycles. The number of aromatic nitrogens is 4. The van der Waals surface area contributed by atoms with Gasteiger partial charge in [0.1, 0.15) is 0 Å². The molecule has 0 atom stereocenters. The Kier molecular flexibility index (Phi) is 5.37. The van der Waals surface area contributed by atoms with Crippen LogP contribution in [0.15, 0.2) is 24.5 Å². The van der Waals surface area contributed by atoms with Crippen LogP contribution < -0.4 is 5.32 Å². The van der Waals surface area contributed by atoms with E-state index in [-0.39, 0.29) is 6.03 Å². The Balaban J connectivity index is 1.49. The number of aryl methyl sites for hydroxylation is 1. The molecule has 1 N–H and O–H groups in total. The molecule has 2 amide bonds. The van der Waals surface area contributed by atoms with Crippen LogP contribution in [-0.4, -0.2) is 69.1 Å². The van der Waals surface area contributed by atoms with Gasteiger partial charge in [0.15, 0.2) is 5.82 Å². The summed E-state index contributed by atoms with van der Waals surface area (Å²) in [6, 6.07) is 3.85. The summed E-state index contributed by atoms with van der Waals surface area (Å²) >= 11 is 0. The third-order valence-corrected chi connectivity index (χ3v) is 4.71. The first-order valence-corrected chi connectivity index (χ1v) is 8.75. The normalized spacial score (nSPS) is 15.8. The number of hydrogen-bond donors (Lipinski definition) is 1. The molecule has 136 valence electrons. The number of hydrogen-bond acceptors (Lipinski definition) is 4. The smallest absolute Gasteiger partial charge is 0.323 e. The van der Waals surface area contributed by atoms with Crippen molar-refractivity contribution in [2.24, 2.45) is 7.05 Å². The number of likely N-dealkylation sites (N-methyl/N-ethyl adjacent to an activating group) is 1. The summed E-state index contributed by atoms with van der Waals surface area (Å²) < 4.78 is 3.78. The third kappa shape index (κ3) is 4.39. The molecule has 25 heavy (non-hydrogen) atoms. The second kappa shape index (κ2) is 7.69. The van der Waals surface area contributed by atoms with Crippen molar-refractivity contribution in [1.29, 1.82) is 0 Å². The maximum atomic E-state index is 12.4. The van der Waals surface area contributed by atoms with E-state index in [1.54, 1.807) is 0 Å². The van der Waals surface area contributed by atoms with Gasteiger partial charge in [0.05, 0.1) is 6.54 Å². The van der Waals surface area contributed by atoms with Gasteiger partial charge in [-0.25, -0.2) is 4.79 Å². The minimum absolute atomic E-state index is 0.0682. The van der Waals surface area contributed by atoms with Gasteiger partial charge in [-0.3, -0.25) is 14.7 Å². The number of nitrogens with one attached hydrogen (secondary N) is 1. The van der Waals surface area contributed by atoms with Crippen molar-refractivity contribution >= 4 is 11.8 Å². The van der Waals surface area contributed by atoms with Gasteiger partial charge in [0, 0.05) is 56.8 Å². The van der Waals surface area contributed by atoms with Crippen molar-refractivity contribution in [1.82, 2.24) is 29.4 Å². The summed E-state index contributed by atoms with van der Waals surface area (Å²) in [5.41, 5.74) is 1.25. The quantitative estimate of drug-likeness (QED) is 0.893. The number of amides is 2. The molecule has 0 aliphatic carbocycles. The van der Waals surface area contributed by atoms with Crippen LogP contribution in [0.2, 0.25) is 0 Å². The number of carbonyl (C=O) groups excluding carboxylic acids is 1. The van der Waals surface area contributed by atoms with Crippen LogP contribution >= 0.6 is 0 Å². The number of piperidine rings is 1.